The smallest absolute Gasteiger partial charge is 0.227 e. The van der Waals surface area contributed by atoms with E-state index in [0.29, 0.717) is 5.92 Å². The Balaban J connectivity index is 1.73. The fraction of sp³-hybridized carbons (Fsp3) is 0.467. The van der Waals surface area contributed by atoms with Crippen molar-refractivity contribution in [1.82, 2.24) is 10.1 Å². The van der Waals surface area contributed by atoms with Crippen molar-refractivity contribution < 1.29 is 4.52 Å². The largest absolute Gasteiger partial charge is 0.339 e. The van der Waals surface area contributed by atoms with Crippen molar-refractivity contribution in [1.29, 1.82) is 0 Å². The molecule has 0 saturated heterocycles. The molecule has 0 aliphatic heterocycles. The number of rotatable bonds is 4. The maximum absolute atomic E-state index is 5.33. The Morgan fingerprint density at radius 1 is 1.33 bits per heavy atom. The third kappa shape index (κ3) is 2.17. The van der Waals surface area contributed by atoms with E-state index in [1.807, 2.05) is 0 Å². The maximum Gasteiger partial charge on any atom is 0.227 e. The van der Waals surface area contributed by atoms with Gasteiger partial charge >= 0.3 is 0 Å². The van der Waals surface area contributed by atoms with Gasteiger partial charge in [-0.2, -0.15) is 4.98 Å². The van der Waals surface area contributed by atoms with E-state index in [9.17, 15) is 0 Å². The average molecular weight is 242 g/mol. The molecule has 0 unspecified atom stereocenters. The van der Waals surface area contributed by atoms with Gasteiger partial charge in [-0.05, 0) is 36.3 Å². The van der Waals surface area contributed by atoms with Crippen molar-refractivity contribution in [2.75, 3.05) is 0 Å². The molecule has 1 heterocycles. The van der Waals surface area contributed by atoms with Gasteiger partial charge in [-0.1, -0.05) is 36.3 Å². The van der Waals surface area contributed by atoms with E-state index < -0.39 is 0 Å². The molecule has 0 spiro atoms. The molecular formula is C15H18N2O. The standard InChI is InChI=1S/C15H18N2O/c1-2-5-14-16-15(18-17-14)10-12-9-8-11-6-3-4-7-13(11)12/h3-4,6-7,12H,2,5,8-10H2,1H3/t12-/m1/s1. The Labute approximate surface area is 107 Å². The molecule has 18 heavy (non-hydrogen) atoms. The fourth-order valence-electron chi connectivity index (χ4n) is 2.77. The first kappa shape index (κ1) is 11.5. The lowest BCUT2D eigenvalue weighted by Crippen LogP contribution is -1.99. The van der Waals surface area contributed by atoms with Crippen LogP contribution >= 0.6 is 0 Å². The minimum Gasteiger partial charge on any atom is -0.339 e. The molecule has 1 aliphatic carbocycles. The Bertz CT molecular complexity index is 533. The van der Waals surface area contributed by atoms with Gasteiger partial charge in [-0.15, -0.1) is 0 Å². The second-order valence-corrected chi connectivity index (χ2v) is 4.99. The second kappa shape index (κ2) is 4.92. The molecule has 1 aromatic heterocycles. The van der Waals surface area contributed by atoms with Gasteiger partial charge in [0.2, 0.25) is 5.89 Å². The van der Waals surface area contributed by atoms with Crippen LogP contribution in [0.2, 0.25) is 0 Å². The van der Waals surface area contributed by atoms with Gasteiger partial charge in [-0.3, -0.25) is 0 Å². The molecule has 2 aromatic rings. The zero-order valence-electron chi connectivity index (χ0n) is 10.7. The Kier molecular flexibility index (Phi) is 3.13. The SMILES string of the molecule is CCCc1noc(C[C@H]2CCc3ccccc32)n1. The van der Waals surface area contributed by atoms with Crippen LogP contribution in [-0.2, 0) is 19.3 Å². The van der Waals surface area contributed by atoms with Gasteiger partial charge < -0.3 is 4.52 Å². The average Bonchev–Trinajstić information content (AvgIpc) is 2.99. The zero-order valence-corrected chi connectivity index (χ0v) is 10.7. The van der Waals surface area contributed by atoms with Crippen molar-refractivity contribution in [2.45, 2.75) is 44.9 Å². The summed E-state index contributed by atoms with van der Waals surface area (Å²) in [5.74, 6) is 2.19. The quantitative estimate of drug-likeness (QED) is 0.825. The van der Waals surface area contributed by atoms with Gasteiger partial charge in [0.1, 0.15) is 0 Å². The fourth-order valence-corrected chi connectivity index (χ4v) is 2.77. The van der Waals surface area contributed by atoms with E-state index >= 15 is 0 Å². The van der Waals surface area contributed by atoms with Gasteiger partial charge in [0, 0.05) is 12.8 Å². The Hall–Kier alpha value is -1.64. The molecule has 1 aromatic carbocycles. The molecule has 0 bridgehead atoms. The lowest BCUT2D eigenvalue weighted by Gasteiger charge is -2.07. The third-order valence-corrected chi connectivity index (χ3v) is 3.66. The molecule has 3 nitrogen and oxygen atoms in total. The number of fused-ring (bicyclic) bond motifs is 1. The summed E-state index contributed by atoms with van der Waals surface area (Å²) in [5.41, 5.74) is 2.95. The monoisotopic (exact) mass is 242 g/mol. The highest BCUT2D eigenvalue weighted by atomic mass is 16.5. The van der Waals surface area contributed by atoms with Crippen LogP contribution in [0.3, 0.4) is 0 Å². The Morgan fingerprint density at radius 2 is 2.22 bits per heavy atom. The molecule has 1 atom stereocenters. The lowest BCUT2D eigenvalue weighted by molar-refractivity contribution is 0.363. The summed E-state index contributed by atoms with van der Waals surface area (Å²) >= 11 is 0. The molecule has 0 saturated carbocycles. The molecular weight excluding hydrogens is 224 g/mol. The van der Waals surface area contributed by atoms with Crippen molar-refractivity contribution in [3.05, 3.63) is 47.1 Å². The summed E-state index contributed by atoms with van der Waals surface area (Å²) in [5, 5.41) is 4.02. The number of nitrogens with zero attached hydrogens (tertiary/aromatic N) is 2. The van der Waals surface area contributed by atoms with Gasteiger partial charge in [0.05, 0.1) is 0 Å². The zero-order chi connectivity index (χ0) is 12.4. The van der Waals surface area contributed by atoms with Crippen molar-refractivity contribution in [3.63, 3.8) is 0 Å². The molecule has 0 fully saturated rings. The minimum atomic E-state index is 0.552. The van der Waals surface area contributed by atoms with Crippen molar-refractivity contribution >= 4 is 0 Å². The van der Waals surface area contributed by atoms with E-state index in [1.165, 1.54) is 24.0 Å². The summed E-state index contributed by atoms with van der Waals surface area (Å²) in [4.78, 5) is 4.46. The molecule has 3 heteroatoms. The Morgan fingerprint density at radius 3 is 3.11 bits per heavy atom. The molecule has 1 aliphatic rings. The van der Waals surface area contributed by atoms with E-state index in [1.54, 1.807) is 0 Å². The van der Waals surface area contributed by atoms with Crippen LogP contribution < -0.4 is 0 Å². The highest BCUT2D eigenvalue weighted by Crippen LogP contribution is 2.34. The maximum atomic E-state index is 5.33. The highest BCUT2D eigenvalue weighted by Gasteiger charge is 2.24. The van der Waals surface area contributed by atoms with Crippen LogP contribution in [0.4, 0.5) is 0 Å². The molecule has 3 rings (SSSR count). The number of benzene rings is 1. The van der Waals surface area contributed by atoms with Crippen LogP contribution in [0.1, 0.15) is 48.5 Å². The van der Waals surface area contributed by atoms with Crippen molar-refractivity contribution in [3.8, 4) is 0 Å². The van der Waals surface area contributed by atoms with E-state index in [-0.39, 0.29) is 0 Å². The predicted molar refractivity (Wildman–Crippen MR) is 69.5 cm³/mol. The summed E-state index contributed by atoms with van der Waals surface area (Å²) in [7, 11) is 0. The van der Waals surface area contributed by atoms with E-state index in [2.05, 4.69) is 41.3 Å². The van der Waals surface area contributed by atoms with E-state index in [0.717, 1.165) is 31.0 Å². The van der Waals surface area contributed by atoms with Crippen LogP contribution in [0, 0.1) is 0 Å². The third-order valence-electron chi connectivity index (χ3n) is 3.66. The first-order valence-corrected chi connectivity index (χ1v) is 6.76. The summed E-state index contributed by atoms with van der Waals surface area (Å²) in [6.07, 6.45) is 5.23. The van der Waals surface area contributed by atoms with Gasteiger partial charge in [0.25, 0.3) is 0 Å². The lowest BCUT2D eigenvalue weighted by atomic mass is 9.98. The van der Waals surface area contributed by atoms with Crippen LogP contribution in [0.5, 0.6) is 0 Å². The molecule has 0 radical (unpaired) electrons. The van der Waals surface area contributed by atoms with E-state index in [4.69, 9.17) is 4.52 Å². The second-order valence-electron chi connectivity index (χ2n) is 4.99. The minimum absolute atomic E-state index is 0.552. The molecule has 0 amide bonds. The molecule has 0 N–H and O–H groups in total. The predicted octanol–water partition coefficient (Wildman–Crippen LogP) is 3.29. The van der Waals surface area contributed by atoms with Crippen molar-refractivity contribution in [2.24, 2.45) is 0 Å². The number of hydrogen-bond acceptors (Lipinski definition) is 3. The summed E-state index contributed by atoms with van der Waals surface area (Å²) in [6.45, 7) is 2.13. The van der Waals surface area contributed by atoms with Crippen LogP contribution in [-0.4, -0.2) is 10.1 Å². The summed E-state index contributed by atoms with van der Waals surface area (Å²) < 4.78 is 5.33. The van der Waals surface area contributed by atoms with Crippen LogP contribution in [0.25, 0.3) is 0 Å². The van der Waals surface area contributed by atoms with Gasteiger partial charge in [-0.25, -0.2) is 0 Å². The number of aromatic nitrogens is 2. The first-order chi connectivity index (χ1) is 8.86. The highest BCUT2D eigenvalue weighted by molar-refractivity contribution is 5.35. The number of hydrogen-bond donors (Lipinski definition) is 0. The summed E-state index contributed by atoms with van der Waals surface area (Å²) in [6, 6.07) is 8.70. The normalized spacial score (nSPS) is 17.9. The van der Waals surface area contributed by atoms with Crippen LogP contribution in [0.15, 0.2) is 28.8 Å². The number of aryl methyl sites for hydroxylation is 2. The van der Waals surface area contributed by atoms with Gasteiger partial charge in [0.15, 0.2) is 5.82 Å². The first-order valence-electron chi connectivity index (χ1n) is 6.76. The molecule has 94 valence electrons. The topological polar surface area (TPSA) is 38.9 Å².